The van der Waals surface area contributed by atoms with Gasteiger partial charge in [-0.15, -0.1) is 0 Å². The van der Waals surface area contributed by atoms with E-state index in [1.807, 2.05) is 0 Å². The third-order valence-electron chi connectivity index (χ3n) is 4.80. The van der Waals surface area contributed by atoms with E-state index in [-0.39, 0.29) is 21.8 Å². The molecular formula is C13H24N4O2S. The number of nitrogens with two attached hydrogens (primary N) is 1. The van der Waals surface area contributed by atoms with Gasteiger partial charge in [0.25, 0.3) is 0 Å². The van der Waals surface area contributed by atoms with E-state index >= 15 is 0 Å². The summed E-state index contributed by atoms with van der Waals surface area (Å²) in [6.45, 7) is 9.49. The molecule has 1 saturated carbocycles. The maximum Gasteiger partial charge on any atom is 0.243 e. The fourth-order valence-electron chi connectivity index (χ4n) is 2.57. The van der Waals surface area contributed by atoms with Crippen molar-refractivity contribution in [1.29, 1.82) is 0 Å². The molecule has 1 aromatic heterocycles. The Morgan fingerprint density at radius 1 is 1.35 bits per heavy atom. The van der Waals surface area contributed by atoms with E-state index in [9.17, 15) is 8.42 Å². The molecular weight excluding hydrogens is 276 g/mol. The SMILES string of the molecule is CC1(C)C(NS(=O)(=O)c2cnn(CCCN)c2)C1(C)C. The lowest BCUT2D eigenvalue weighted by atomic mass is 10.0. The van der Waals surface area contributed by atoms with Gasteiger partial charge in [-0.1, -0.05) is 27.7 Å². The first-order valence-corrected chi connectivity index (χ1v) is 8.36. The van der Waals surface area contributed by atoms with E-state index in [0.29, 0.717) is 13.1 Å². The van der Waals surface area contributed by atoms with Crippen LogP contribution in [0.5, 0.6) is 0 Å². The van der Waals surface area contributed by atoms with Gasteiger partial charge in [0.15, 0.2) is 0 Å². The lowest BCUT2D eigenvalue weighted by molar-refractivity contribution is 0.457. The van der Waals surface area contributed by atoms with E-state index in [4.69, 9.17) is 5.73 Å². The molecule has 0 spiro atoms. The van der Waals surface area contributed by atoms with Gasteiger partial charge in [0.2, 0.25) is 10.0 Å². The number of aromatic nitrogens is 2. The smallest absolute Gasteiger partial charge is 0.243 e. The van der Waals surface area contributed by atoms with Crippen LogP contribution in [0, 0.1) is 10.8 Å². The van der Waals surface area contributed by atoms with E-state index < -0.39 is 10.0 Å². The number of rotatable bonds is 6. The molecule has 1 fully saturated rings. The van der Waals surface area contributed by atoms with Crippen molar-refractivity contribution in [3.05, 3.63) is 12.4 Å². The number of hydrogen-bond donors (Lipinski definition) is 2. The van der Waals surface area contributed by atoms with Gasteiger partial charge in [-0.05, 0) is 23.8 Å². The minimum absolute atomic E-state index is 0.0321. The van der Waals surface area contributed by atoms with Crippen molar-refractivity contribution < 1.29 is 8.42 Å². The molecule has 2 rings (SSSR count). The van der Waals surface area contributed by atoms with Crippen LogP contribution in [-0.2, 0) is 16.6 Å². The number of hydrogen-bond acceptors (Lipinski definition) is 4. The molecule has 0 aliphatic heterocycles. The Labute approximate surface area is 120 Å². The highest BCUT2D eigenvalue weighted by atomic mass is 32.2. The van der Waals surface area contributed by atoms with Gasteiger partial charge in [-0.2, -0.15) is 5.10 Å². The summed E-state index contributed by atoms with van der Waals surface area (Å²) in [6.07, 6.45) is 3.72. The molecule has 0 radical (unpaired) electrons. The van der Waals surface area contributed by atoms with Gasteiger partial charge in [-0.3, -0.25) is 4.68 Å². The molecule has 7 heteroatoms. The number of nitrogens with one attached hydrogen (secondary N) is 1. The Balaban J connectivity index is 2.10. The third kappa shape index (κ3) is 2.49. The van der Waals surface area contributed by atoms with Crippen molar-refractivity contribution in [2.24, 2.45) is 16.6 Å². The van der Waals surface area contributed by atoms with Crippen LogP contribution < -0.4 is 10.5 Å². The molecule has 1 aliphatic rings. The lowest BCUT2D eigenvalue weighted by Crippen LogP contribution is -2.29. The molecule has 0 atom stereocenters. The maximum absolute atomic E-state index is 12.4. The monoisotopic (exact) mass is 300 g/mol. The van der Waals surface area contributed by atoms with E-state index in [0.717, 1.165) is 6.42 Å². The van der Waals surface area contributed by atoms with Gasteiger partial charge in [0.05, 0.1) is 6.20 Å². The first-order chi connectivity index (χ1) is 9.13. The van der Waals surface area contributed by atoms with Crippen LogP contribution in [0.4, 0.5) is 0 Å². The summed E-state index contributed by atoms with van der Waals surface area (Å²) in [4.78, 5) is 0.216. The molecule has 0 saturated heterocycles. The van der Waals surface area contributed by atoms with Crippen LogP contribution in [0.2, 0.25) is 0 Å². The van der Waals surface area contributed by atoms with Crippen molar-refractivity contribution in [2.75, 3.05) is 6.54 Å². The molecule has 0 amide bonds. The Hall–Kier alpha value is -0.920. The second kappa shape index (κ2) is 4.82. The van der Waals surface area contributed by atoms with Crippen LogP contribution in [0.1, 0.15) is 34.1 Å². The number of nitrogens with zero attached hydrogens (tertiary/aromatic N) is 2. The van der Waals surface area contributed by atoms with Crippen molar-refractivity contribution in [2.45, 2.75) is 51.6 Å². The largest absolute Gasteiger partial charge is 0.330 e. The molecule has 1 heterocycles. The molecule has 1 aromatic rings. The lowest BCUT2D eigenvalue weighted by Gasteiger charge is -2.06. The Morgan fingerprint density at radius 2 is 1.95 bits per heavy atom. The molecule has 0 unspecified atom stereocenters. The predicted molar refractivity (Wildman–Crippen MR) is 77.6 cm³/mol. The average Bonchev–Trinajstić information content (AvgIpc) is 2.78. The summed E-state index contributed by atoms with van der Waals surface area (Å²) in [5.74, 6) is 0. The highest BCUT2D eigenvalue weighted by Gasteiger charge is 2.66. The number of sulfonamides is 1. The number of aryl methyl sites for hydroxylation is 1. The summed E-state index contributed by atoms with van der Waals surface area (Å²) in [6, 6.07) is -0.0487. The molecule has 1 aliphatic carbocycles. The molecule has 0 aromatic carbocycles. The van der Waals surface area contributed by atoms with E-state index in [1.165, 1.54) is 6.20 Å². The van der Waals surface area contributed by atoms with Crippen LogP contribution in [-0.4, -0.2) is 30.8 Å². The quantitative estimate of drug-likeness (QED) is 0.818. The van der Waals surface area contributed by atoms with E-state index in [1.54, 1.807) is 10.9 Å². The van der Waals surface area contributed by atoms with E-state index in [2.05, 4.69) is 37.5 Å². The molecule has 0 bridgehead atoms. The van der Waals surface area contributed by atoms with Crippen molar-refractivity contribution in [3.63, 3.8) is 0 Å². The summed E-state index contributed by atoms with van der Waals surface area (Å²) in [7, 11) is -3.51. The molecule has 20 heavy (non-hydrogen) atoms. The predicted octanol–water partition coefficient (Wildman–Crippen LogP) is 0.945. The minimum atomic E-state index is -3.51. The Bertz CT molecular complexity index is 575. The average molecular weight is 300 g/mol. The summed E-state index contributed by atoms with van der Waals surface area (Å²) in [5, 5.41) is 4.06. The zero-order valence-electron chi connectivity index (χ0n) is 12.5. The van der Waals surface area contributed by atoms with Gasteiger partial charge < -0.3 is 5.73 Å². The Morgan fingerprint density at radius 3 is 2.45 bits per heavy atom. The highest BCUT2D eigenvalue weighted by molar-refractivity contribution is 7.89. The zero-order chi connectivity index (χ0) is 15.2. The third-order valence-corrected chi connectivity index (χ3v) is 6.18. The minimum Gasteiger partial charge on any atom is -0.330 e. The summed E-state index contributed by atoms with van der Waals surface area (Å²) < 4.78 is 29.1. The fourth-order valence-corrected chi connectivity index (χ4v) is 4.06. The van der Waals surface area contributed by atoms with Crippen molar-refractivity contribution in [1.82, 2.24) is 14.5 Å². The summed E-state index contributed by atoms with van der Waals surface area (Å²) in [5.41, 5.74) is 5.37. The first kappa shape index (κ1) is 15.5. The zero-order valence-corrected chi connectivity index (χ0v) is 13.4. The molecule has 3 N–H and O–H groups in total. The second-order valence-corrected chi connectivity index (χ2v) is 8.29. The van der Waals surface area contributed by atoms with Gasteiger partial charge in [0.1, 0.15) is 4.90 Å². The fraction of sp³-hybridized carbons (Fsp3) is 0.769. The van der Waals surface area contributed by atoms with Crippen LogP contribution in [0.25, 0.3) is 0 Å². The molecule has 6 nitrogen and oxygen atoms in total. The van der Waals surface area contributed by atoms with Crippen LogP contribution in [0.3, 0.4) is 0 Å². The van der Waals surface area contributed by atoms with Gasteiger partial charge in [0, 0.05) is 18.8 Å². The Kier molecular flexibility index (Phi) is 3.73. The normalized spacial score (nSPS) is 21.1. The second-order valence-electron chi connectivity index (χ2n) is 6.58. The highest BCUT2D eigenvalue weighted by Crippen LogP contribution is 2.62. The summed E-state index contributed by atoms with van der Waals surface area (Å²) >= 11 is 0. The first-order valence-electron chi connectivity index (χ1n) is 6.88. The van der Waals surface area contributed by atoms with Crippen molar-refractivity contribution in [3.8, 4) is 0 Å². The van der Waals surface area contributed by atoms with Crippen LogP contribution in [0.15, 0.2) is 17.3 Å². The molecule has 114 valence electrons. The van der Waals surface area contributed by atoms with Gasteiger partial charge in [-0.25, -0.2) is 13.1 Å². The topological polar surface area (TPSA) is 90.0 Å². The van der Waals surface area contributed by atoms with Crippen molar-refractivity contribution >= 4 is 10.0 Å². The van der Waals surface area contributed by atoms with Crippen LogP contribution >= 0.6 is 0 Å². The van der Waals surface area contributed by atoms with Gasteiger partial charge >= 0.3 is 0 Å². The maximum atomic E-state index is 12.4. The standard InChI is InChI=1S/C13H24N4O2S/c1-12(2)11(13(12,3)4)16-20(18,19)10-8-15-17(9-10)7-5-6-14/h8-9,11,16H,5-7,14H2,1-4H3.